The number of thioether (sulfide) groups is 2. The van der Waals surface area contributed by atoms with Crippen LogP contribution in [0, 0.1) is 0 Å². The standard InChI is InChI=1S/C28H24ClN5O6S4/c29-14-5-6-16-18(35)10-20(44-19(16)9-14)41-8-7-13-11-42-26-22(25(37)34(26)23(13)27(38)39)32-24(36)21(17-12-43-28(30)31-17)33-40-15-3-1-2-4-15/h5-10,12,15,22,26H,1-4,11H2,(H2,30,31)(H,32,36)(H,38,39)/b8-7+,33-21-/t22?,26-/m1/s1. The monoisotopic (exact) mass is 689 g/mol. The fourth-order valence-electron chi connectivity index (χ4n) is 5.05. The summed E-state index contributed by atoms with van der Waals surface area (Å²) in [7, 11) is 0. The molecule has 2 aromatic heterocycles. The number of allylic oxidation sites excluding steroid dienone is 1. The molecule has 3 aliphatic rings. The summed E-state index contributed by atoms with van der Waals surface area (Å²) in [6.07, 6.45) is 5.25. The van der Waals surface area contributed by atoms with Crippen LogP contribution in [-0.2, 0) is 19.2 Å². The van der Waals surface area contributed by atoms with Crippen molar-refractivity contribution in [2.24, 2.45) is 5.16 Å². The van der Waals surface area contributed by atoms with Crippen molar-refractivity contribution in [3.8, 4) is 0 Å². The topological polar surface area (TPSA) is 164 Å². The van der Waals surface area contributed by atoms with Crippen molar-refractivity contribution in [1.82, 2.24) is 15.2 Å². The van der Waals surface area contributed by atoms with Crippen LogP contribution < -0.4 is 16.5 Å². The van der Waals surface area contributed by atoms with E-state index in [-0.39, 0.29) is 39.5 Å². The lowest BCUT2D eigenvalue weighted by Gasteiger charge is -2.49. The summed E-state index contributed by atoms with van der Waals surface area (Å²) in [4.78, 5) is 62.3. The molecule has 4 N–H and O–H groups in total. The van der Waals surface area contributed by atoms with E-state index < -0.39 is 29.2 Å². The Kier molecular flexibility index (Phi) is 9.01. The van der Waals surface area contributed by atoms with E-state index in [9.17, 15) is 24.3 Å². The minimum atomic E-state index is -1.26. The number of benzene rings is 1. The van der Waals surface area contributed by atoms with Gasteiger partial charge in [0.05, 0.1) is 4.21 Å². The Labute approximate surface area is 272 Å². The largest absolute Gasteiger partial charge is 0.477 e. The number of halogens is 1. The molecule has 1 aromatic carbocycles. The Morgan fingerprint density at radius 2 is 2.05 bits per heavy atom. The molecule has 4 heterocycles. The molecule has 1 unspecified atom stereocenters. The number of carbonyl (C=O) groups excluding carboxylic acids is 2. The predicted molar refractivity (Wildman–Crippen MR) is 174 cm³/mol. The fraction of sp³-hybridized carbons (Fsp3) is 0.286. The minimum Gasteiger partial charge on any atom is -0.477 e. The molecule has 16 heteroatoms. The number of rotatable bonds is 9. The Hall–Kier alpha value is -3.37. The Bertz CT molecular complexity index is 1810. The Morgan fingerprint density at radius 1 is 1.25 bits per heavy atom. The summed E-state index contributed by atoms with van der Waals surface area (Å²) in [6, 6.07) is 5.65. The van der Waals surface area contributed by atoms with Crippen LogP contribution in [0.1, 0.15) is 31.4 Å². The van der Waals surface area contributed by atoms with E-state index in [2.05, 4.69) is 15.5 Å². The molecule has 44 heavy (non-hydrogen) atoms. The van der Waals surface area contributed by atoms with Crippen molar-refractivity contribution in [2.45, 2.75) is 47.4 Å². The van der Waals surface area contributed by atoms with Gasteiger partial charge in [0.2, 0.25) is 0 Å². The average molecular weight is 690 g/mol. The molecule has 2 fully saturated rings. The maximum Gasteiger partial charge on any atom is 0.352 e. The maximum atomic E-state index is 13.3. The van der Waals surface area contributed by atoms with Gasteiger partial charge in [-0.15, -0.1) is 34.4 Å². The molecule has 6 rings (SSSR count). The normalized spacial score (nSPS) is 20.7. The van der Waals surface area contributed by atoms with Gasteiger partial charge in [0, 0.05) is 32.3 Å². The molecule has 3 aromatic rings. The summed E-state index contributed by atoms with van der Waals surface area (Å²) >= 11 is 11.2. The van der Waals surface area contributed by atoms with E-state index in [0.717, 1.165) is 41.7 Å². The van der Waals surface area contributed by atoms with Crippen LogP contribution in [0.3, 0.4) is 0 Å². The number of nitrogen functional groups attached to an aromatic ring is 1. The molecule has 1 saturated carbocycles. The van der Waals surface area contributed by atoms with E-state index in [1.54, 1.807) is 35.1 Å². The number of nitrogens with two attached hydrogens (primary N) is 1. The van der Waals surface area contributed by atoms with Crippen LogP contribution in [-0.4, -0.2) is 61.8 Å². The number of β-lactam (4-membered cyclic amide) rings is 1. The lowest BCUT2D eigenvalue weighted by atomic mass is 10.0. The second kappa shape index (κ2) is 12.9. The fourth-order valence-corrected chi connectivity index (χ4v) is 9.17. The van der Waals surface area contributed by atoms with Gasteiger partial charge in [0.15, 0.2) is 16.3 Å². The average Bonchev–Trinajstić information content (AvgIpc) is 3.67. The van der Waals surface area contributed by atoms with Crippen LogP contribution in [0.25, 0.3) is 10.1 Å². The van der Waals surface area contributed by atoms with Crippen LogP contribution in [0.4, 0.5) is 5.13 Å². The number of nitrogens with one attached hydrogen (secondary N) is 1. The molecule has 2 atom stereocenters. The number of thiazole rings is 1. The number of aromatic nitrogens is 1. The number of nitrogens with zero attached hydrogens (tertiary/aromatic N) is 3. The van der Waals surface area contributed by atoms with Crippen molar-refractivity contribution in [3.05, 3.63) is 73.3 Å². The molecule has 0 spiro atoms. The highest BCUT2D eigenvalue weighted by Gasteiger charge is 2.54. The molecule has 2 amide bonds. The van der Waals surface area contributed by atoms with Crippen LogP contribution >= 0.6 is 57.8 Å². The number of hydrogen-bond donors (Lipinski definition) is 3. The number of anilines is 1. The first-order valence-corrected chi connectivity index (χ1v) is 17.4. The third-order valence-electron chi connectivity index (χ3n) is 7.18. The Balaban J connectivity index is 1.17. The summed E-state index contributed by atoms with van der Waals surface area (Å²) in [5.74, 6) is -2.18. The molecular weight excluding hydrogens is 666 g/mol. The number of aliphatic carboxylic acids is 1. The van der Waals surface area contributed by atoms with E-state index in [4.69, 9.17) is 22.2 Å². The third kappa shape index (κ3) is 6.24. The van der Waals surface area contributed by atoms with E-state index in [0.29, 0.717) is 20.2 Å². The first-order chi connectivity index (χ1) is 21.2. The minimum absolute atomic E-state index is 0.0928. The van der Waals surface area contributed by atoms with Crippen molar-refractivity contribution in [2.75, 3.05) is 11.5 Å². The van der Waals surface area contributed by atoms with Crippen molar-refractivity contribution < 1.29 is 24.3 Å². The number of carboxylic acids is 1. The van der Waals surface area contributed by atoms with Crippen molar-refractivity contribution in [3.63, 3.8) is 0 Å². The summed E-state index contributed by atoms with van der Waals surface area (Å²) in [5, 5.41) is 20.8. The molecule has 0 bridgehead atoms. The smallest absolute Gasteiger partial charge is 0.352 e. The molecule has 1 aliphatic carbocycles. The number of fused-ring (bicyclic) bond motifs is 2. The number of amides is 2. The summed E-state index contributed by atoms with van der Waals surface area (Å²) in [6.45, 7) is 0. The lowest BCUT2D eigenvalue weighted by Crippen LogP contribution is -2.71. The van der Waals surface area contributed by atoms with Gasteiger partial charge in [-0.05, 0) is 60.9 Å². The number of carboxylic acid groups (broad SMARTS) is 1. The van der Waals surface area contributed by atoms with Gasteiger partial charge in [-0.3, -0.25) is 19.3 Å². The second-order valence-corrected chi connectivity index (χ2v) is 14.8. The quantitative estimate of drug-likeness (QED) is 0.125. The number of oxime groups is 1. The van der Waals surface area contributed by atoms with Gasteiger partial charge in [0.1, 0.15) is 28.9 Å². The van der Waals surface area contributed by atoms with Gasteiger partial charge >= 0.3 is 5.97 Å². The highest BCUT2D eigenvalue weighted by molar-refractivity contribution is 8.04. The third-order valence-corrected chi connectivity index (χ3v) is 11.4. The SMILES string of the molecule is Nc1nc(/C(=N/OC2CCCC2)C(=O)NC2C(=O)N3C(C(=O)O)=C(/C=C/Sc4cc(=O)c5ccc(Cl)cc5s4)CS[C@H]23)cs1. The van der Waals surface area contributed by atoms with Gasteiger partial charge in [-0.1, -0.05) is 28.5 Å². The highest BCUT2D eigenvalue weighted by Crippen LogP contribution is 2.41. The van der Waals surface area contributed by atoms with Gasteiger partial charge in [0.25, 0.3) is 11.8 Å². The second-order valence-electron chi connectivity index (χ2n) is 10.1. The predicted octanol–water partition coefficient (Wildman–Crippen LogP) is 4.66. The molecule has 11 nitrogen and oxygen atoms in total. The zero-order chi connectivity index (χ0) is 31.0. The first-order valence-electron chi connectivity index (χ1n) is 13.4. The van der Waals surface area contributed by atoms with Crippen molar-refractivity contribution >= 4 is 96.5 Å². The molecule has 0 radical (unpaired) electrons. The van der Waals surface area contributed by atoms with Crippen LogP contribution in [0.2, 0.25) is 5.02 Å². The summed E-state index contributed by atoms with van der Waals surface area (Å²) < 4.78 is 1.46. The molecule has 2 aliphatic heterocycles. The van der Waals surface area contributed by atoms with Crippen molar-refractivity contribution in [1.29, 1.82) is 0 Å². The van der Waals surface area contributed by atoms with Crippen LogP contribution in [0.15, 0.2) is 66.6 Å². The molecular formula is C28H24ClN5O6S4. The molecule has 1 saturated heterocycles. The van der Waals surface area contributed by atoms with Crippen LogP contribution in [0.5, 0.6) is 0 Å². The Morgan fingerprint density at radius 3 is 2.77 bits per heavy atom. The van der Waals surface area contributed by atoms with E-state index >= 15 is 0 Å². The van der Waals surface area contributed by atoms with Gasteiger partial charge < -0.3 is 21.0 Å². The zero-order valence-electron chi connectivity index (χ0n) is 22.7. The number of hydrogen-bond acceptors (Lipinski definition) is 12. The maximum absolute atomic E-state index is 13.3. The van der Waals surface area contributed by atoms with Gasteiger partial charge in [-0.2, -0.15) is 0 Å². The van der Waals surface area contributed by atoms with Gasteiger partial charge in [-0.25, -0.2) is 9.78 Å². The highest BCUT2D eigenvalue weighted by atomic mass is 35.5. The van der Waals surface area contributed by atoms with E-state index in [1.165, 1.54) is 45.8 Å². The summed E-state index contributed by atoms with van der Waals surface area (Å²) in [5.41, 5.74) is 6.07. The zero-order valence-corrected chi connectivity index (χ0v) is 26.7. The van der Waals surface area contributed by atoms with E-state index in [1.807, 2.05) is 0 Å². The lowest BCUT2D eigenvalue weighted by molar-refractivity contribution is -0.150. The number of carbonyl (C=O) groups is 3. The first kappa shape index (κ1) is 30.6. The molecule has 228 valence electrons.